The SMILES string of the molecule is O=C1ON=C(c2ccccc2)/C1=C/c1cc(Br)c(OCc2ccc(Br)cc2)c(Br)c1. The van der Waals surface area contributed by atoms with E-state index in [1.54, 1.807) is 6.08 Å². The highest BCUT2D eigenvalue weighted by atomic mass is 79.9. The third-order valence-corrected chi connectivity index (χ3v) is 6.08. The van der Waals surface area contributed by atoms with Crippen molar-refractivity contribution in [2.45, 2.75) is 6.61 Å². The first-order chi connectivity index (χ1) is 14.5. The fourth-order valence-corrected chi connectivity index (χ4v) is 4.63. The van der Waals surface area contributed by atoms with Crippen molar-refractivity contribution >= 4 is 65.5 Å². The third kappa shape index (κ3) is 4.74. The molecule has 0 saturated heterocycles. The number of rotatable bonds is 5. The van der Waals surface area contributed by atoms with Crippen LogP contribution in [0.3, 0.4) is 0 Å². The van der Waals surface area contributed by atoms with E-state index in [1.807, 2.05) is 66.7 Å². The molecule has 1 aliphatic rings. The molecule has 30 heavy (non-hydrogen) atoms. The molecule has 0 fully saturated rings. The Morgan fingerprint density at radius 1 is 0.933 bits per heavy atom. The maximum absolute atomic E-state index is 12.2. The third-order valence-electron chi connectivity index (χ3n) is 4.37. The molecule has 4 nitrogen and oxygen atoms in total. The monoisotopic (exact) mass is 589 g/mol. The highest BCUT2D eigenvalue weighted by Crippen LogP contribution is 2.36. The lowest BCUT2D eigenvalue weighted by atomic mass is 10.0. The average Bonchev–Trinajstić information content (AvgIpc) is 3.09. The van der Waals surface area contributed by atoms with Crippen molar-refractivity contribution in [1.29, 1.82) is 0 Å². The minimum Gasteiger partial charge on any atom is -0.487 e. The van der Waals surface area contributed by atoms with Gasteiger partial charge in [-0.2, -0.15) is 0 Å². The molecular weight excluding hydrogens is 578 g/mol. The average molecular weight is 592 g/mol. The largest absolute Gasteiger partial charge is 0.487 e. The van der Waals surface area contributed by atoms with Crippen LogP contribution in [0.15, 0.2) is 90.9 Å². The predicted molar refractivity (Wildman–Crippen MR) is 127 cm³/mol. The van der Waals surface area contributed by atoms with Gasteiger partial charge in [0.15, 0.2) is 0 Å². The van der Waals surface area contributed by atoms with Crippen molar-refractivity contribution in [3.05, 3.63) is 102 Å². The maximum Gasteiger partial charge on any atom is 0.368 e. The van der Waals surface area contributed by atoms with Crippen LogP contribution in [0.25, 0.3) is 6.08 Å². The van der Waals surface area contributed by atoms with Gasteiger partial charge in [-0.25, -0.2) is 4.79 Å². The van der Waals surface area contributed by atoms with E-state index in [2.05, 4.69) is 52.9 Å². The second kappa shape index (κ2) is 9.29. The minimum atomic E-state index is -0.475. The van der Waals surface area contributed by atoms with Gasteiger partial charge in [-0.05, 0) is 73.3 Å². The topological polar surface area (TPSA) is 47.9 Å². The number of ether oxygens (including phenoxy) is 1. The van der Waals surface area contributed by atoms with E-state index in [-0.39, 0.29) is 0 Å². The molecule has 0 bridgehead atoms. The number of hydrogen-bond acceptors (Lipinski definition) is 4. The van der Waals surface area contributed by atoms with Gasteiger partial charge in [0.2, 0.25) is 0 Å². The zero-order valence-corrected chi connectivity index (χ0v) is 20.2. The summed E-state index contributed by atoms with van der Waals surface area (Å²) >= 11 is 10.6. The molecule has 0 saturated carbocycles. The van der Waals surface area contributed by atoms with Crippen LogP contribution in [0, 0.1) is 0 Å². The second-order valence-electron chi connectivity index (χ2n) is 6.47. The number of carbonyl (C=O) groups excluding carboxylic acids is 1. The number of carbonyl (C=O) groups is 1. The number of oxime groups is 1. The summed E-state index contributed by atoms with van der Waals surface area (Å²) < 4.78 is 8.55. The van der Waals surface area contributed by atoms with Crippen LogP contribution in [-0.4, -0.2) is 11.7 Å². The van der Waals surface area contributed by atoms with Gasteiger partial charge >= 0.3 is 5.97 Å². The molecule has 0 spiro atoms. The molecule has 3 aromatic carbocycles. The van der Waals surface area contributed by atoms with Gasteiger partial charge in [0, 0.05) is 10.0 Å². The van der Waals surface area contributed by atoms with Crippen molar-refractivity contribution in [2.75, 3.05) is 0 Å². The minimum absolute atomic E-state index is 0.406. The normalized spacial score (nSPS) is 14.6. The van der Waals surface area contributed by atoms with Gasteiger partial charge in [-0.15, -0.1) is 0 Å². The van der Waals surface area contributed by atoms with E-state index < -0.39 is 5.97 Å². The van der Waals surface area contributed by atoms with Gasteiger partial charge in [0.05, 0.1) is 14.5 Å². The smallest absolute Gasteiger partial charge is 0.368 e. The van der Waals surface area contributed by atoms with Crippen LogP contribution in [0.1, 0.15) is 16.7 Å². The maximum atomic E-state index is 12.2. The van der Waals surface area contributed by atoms with Gasteiger partial charge in [0.25, 0.3) is 0 Å². The number of hydrogen-bond donors (Lipinski definition) is 0. The Morgan fingerprint density at radius 2 is 1.60 bits per heavy atom. The van der Waals surface area contributed by atoms with E-state index in [0.29, 0.717) is 23.6 Å². The molecule has 4 rings (SSSR count). The standard InChI is InChI=1S/C23H14Br3NO3/c24-17-8-6-14(7-9-17)13-29-22-19(25)11-15(12-20(22)26)10-18-21(27-30-23(18)28)16-4-2-1-3-5-16/h1-12H,13H2/b18-10-. The molecule has 0 aromatic heterocycles. The zero-order chi connectivity index (χ0) is 21.1. The van der Waals surface area contributed by atoms with E-state index in [4.69, 9.17) is 9.57 Å². The molecule has 1 heterocycles. The molecular formula is C23H14Br3NO3. The highest BCUT2D eigenvalue weighted by molar-refractivity contribution is 9.11. The first kappa shape index (κ1) is 21.0. The van der Waals surface area contributed by atoms with Crippen molar-refractivity contribution < 1.29 is 14.4 Å². The van der Waals surface area contributed by atoms with Crippen molar-refractivity contribution in [3.8, 4) is 5.75 Å². The second-order valence-corrected chi connectivity index (χ2v) is 9.10. The first-order valence-corrected chi connectivity index (χ1v) is 11.3. The van der Waals surface area contributed by atoms with Crippen LogP contribution >= 0.6 is 47.8 Å². The van der Waals surface area contributed by atoms with E-state index in [1.165, 1.54) is 0 Å². The van der Waals surface area contributed by atoms with E-state index >= 15 is 0 Å². The summed E-state index contributed by atoms with van der Waals surface area (Å²) in [5.41, 5.74) is 3.61. The van der Waals surface area contributed by atoms with Crippen LogP contribution < -0.4 is 4.74 Å². The Morgan fingerprint density at radius 3 is 2.27 bits per heavy atom. The van der Waals surface area contributed by atoms with Crippen molar-refractivity contribution in [1.82, 2.24) is 0 Å². The summed E-state index contributed by atoms with van der Waals surface area (Å²) in [6, 6.07) is 21.2. The molecule has 7 heteroatoms. The zero-order valence-electron chi connectivity index (χ0n) is 15.4. The van der Waals surface area contributed by atoms with E-state index in [0.717, 1.165) is 30.1 Å². The van der Waals surface area contributed by atoms with E-state index in [9.17, 15) is 4.79 Å². The number of benzene rings is 3. The molecule has 3 aromatic rings. The number of nitrogens with zero attached hydrogens (tertiary/aromatic N) is 1. The van der Waals surface area contributed by atoms with Crippen LogP contribution in [0.4, 0.5) is 0 Å². The molecule has 1 aliphatic heterocycles. The Hall–Kier alpha value is -2.22. The Kier molecular flexibility index (Phi) is 6.51. The van der Waals surface area contributed by atoms with Gasteiger partial charge in [-0.1, -0.05) is 63.6 Å². The summed E-state index contributed by atoms with van der Waals surface area (Å²) in [5.74, 6) is 0.211. The molecule has 0 N–H and O–H groups in total. The molecule has 0 atom stereocenters. The molecule has 0 radical (unpaired) electrons. The lowest BCUT2D eigenvalue weighted by Crippen LogP contribution is -2.06. The summed E-state index contributed by atoms with van der Waals surface area (Å²) in [4.78, 5) is 17.1. The summed E-state index contributed by atoms with van der Waals surface area (Å²) in [6.45, 7) is 0.433. The molecule has 0 amide bonds. The predicted octanol–water partition coefficient (Wildman–Crippen LogP) is 6.90. The van der Waals surface area contributed by atoms with Crippen LogP contribution in [0.5, 0.6) is 5.75 Å². The highest BCUT2D eigenvalue weighted by Gasteiger charge is 2.26. The number of halogens is 3. The van der Waals surface area contributed by atoms with Crippen LogP contribution in [0.2, 0.25) is 0 Å². The Balaban J connectivity index is 1.58. The summed E-state index contributed by atoms with van der Waals surface area (Å²) in [6.07, 6.45) is 1.76. The molecule has 0 unspecified atom stereocenters. The Bertz CT molecular complexity index is 1130. The summed E-state index contributed by atoms with van der Waals surface area (Å²) in [7, 11) is 0. The molecule has 150 valence electrons. The summed E-state index contributed by atoms with van der Waals surface area (Å²) in [5, 5.41) is 3.94. The first-order valence-electron chi connectivity index (χ1n) is 8.94. The van der Waals surface area contributed by atoms with Crippen molar-refractivity contribution in [3.63, 3.8) is 0 Å². The molecule has 0 aliphatic carbocycles. The van der Waals surface area contributed by atoms with Gasteiger partial charge < -0.3 is 9.57 Å². The van der Waals surface area contributed by atoms with Crippen molar-refractivity contribution in [2.24, 2.45) is 5.16 Å². The van der Waals surface area contributed by atoms with Crippen LogP contribution in [-0.2, 0) is 16.2 Å². The quantitative estimate of drug-likeness (QED) is 0.240. The van der Waals surface area contributed by atoms with Gasteiger partial charge in [-0.3, -0.25) is 0 Å². The Labute approximate surface area is 199 Å². The fraction of sp³-hybridized carbons (Fsp3) is 0.0435. The lowest BCUT2D eigenvalue weighted by Gasteiger charge is -2.12. The van der Waals surface area contributed by atoms with Gasteiger partial charge in [0.1, 0.15) is 18.1 Å². The lowest BCUT2D eigenvalue weighted by molar-refractivity contribution is -0.136. The fourth-order valence-electron chi connectivity index (χ4n) is 2.92.